The standard InChI is InChI=1S/C8H15ClOSi/c1-11(2,7-9)10-8-5-3-4-6-8/h5H,3-4,6-7H2,1-2H3. The Morgan fingerprint density at radius 1 is 1.64 bits per heavy atom. The van der Waals surface area contributed by atoms with Gasteiger partial charge in [0.05, 0.1) is 11.3 Å². The van der Waals surface area contributed by atoms with Gasteiger partial charge in [-0.05, 0) is 32.0 Å². The molecule has 0 unspecified atom stereocenters. The van der Waals surface area contributed by atoms with E-state index < -0.39 is 8.32 Å². The first-order chi connectivity index (χ1) is 5.14. The van der Waals surface area contributed by atoms with Gasteiger partial charge in [-0.1, -0.05) is 0 Å². The maximum atomic E-state index is 5.82. The van der Waals surface area contributed by atoms with Crippen LogP contribution in [0.2, 0.25) is 13.1 Å². The molecule has 0 saturated heterocycles. The Bertz CT molecular complexity index is 165. The zero-order chi connectivity index (χ0) is 8.32. The number of halogens is 1. The van der Waals surface area contributed by atoms with Crippen molar-refractivity contribution in [3.05, 3.63) is 11.8 Å². The van der Waals surface area contributed by atoms with Gasteiger partial charge in [-0.3, -0.25) is 0 Å². The summed E-state index contributed by atoms with van der Waals surface area (Å²) in [7, 11) is -1.55. The Kier molecular flexibility index (Phi) is 3.02. The van der Waals surface area contributed by atoms with E-state index in [1.54, 1.807) is 0 Å². The number of hydrogen-bond donors (Lipinski definition) is 0. The molecule has 1 aliphatic carbocycles. The minimum atomic E-state index is -1.55. The number of alkyl halides is 1. The summed E-state index contributed by atoms with van der Waals surface area (Å²) in [6, 6.07) is 0. The first-order valence-electron chi connectivity index (χ1n) is 4.08. The van der Waals surface area contributed by atoms with Crippen LogP contribution in [-0.2, 0) is 4.43 Å². The average molecular weight is 191 g/mol. The molecule has 0 amide bonds. The molecule has 3 heteroatoms. The zero-order valence-electron chi connectivity index (χ0n) is 7.19. The van der Waals surface area contributed by atoms with Crippen molar-refractivity contribution in [2.24, 2.45) is 0 Å². The number of allylic oxidation sites excluding steroid dienone is 2. The molecule has 1 rings (SSSR count). The lowest BCUT2D eigenvalue weighted by Crippen LogP contribution is -2.32. The van der Waals surface area contributed by atoms with Crippen molar-refractivity contribution >= 4 is 19.9 Å². The first-order valence-corrected chi connectivity index (χ1v) is 7.73. The lowest BCUT2D eigenvalue weighted by atomic mass is 10.4. The van der Waals surface area contributed by atoms with Gasteiger partial charge in [0.25, 0.3) is 8.32 Å². The van der Waals surface area contributed by atoms with Crippen LogP contribution in [0.1, 0.15) is 19.3 Å². The molecule has 0 N–H and O–H groups in total. The van der Waals surface area contributed by atoms with Gasteiger partial charge in [0.2, 0.25) is 0 Å². The van der Waals surface area contributed by atoms with Gasteiger partial charge in [-0.25, -0.2) is 0 Å². The molecule has 0 atom stereocenters. The van der Waals surface area contributed by atoms with E-state index in [2.05, 4.69) is 19.2 Å². The molecule has 0 aromatic heterocycles. The molecule has 64 valence electrons. The second kappa shape index (κ2) is 3.63. The van der Waals surface area contributed by atoms with Crippen molar-refractivity contribution in [1.29, 1.82) is 0 Å². The van der Waals surface area contributed by atoms with Crippen LogP contribution in [-0.4, -0.2) is 13.8 Å². The normalized spacial score (nSPS) is 18.3. The molecular weight excluding hydrogens is 176 g/mol. The third kappa shape index (κ3) is 2.87. The smallest absolute Gasteiger partial charge is 0.259 e. The fraction of sp³-hybridized carbons (Fsp3) is 0.750. The quantitative estimate of drug-likeness (QED) is 0.491. The van der Waals surface area contributed by atoms with E-state index in [-0.39, 0.29) is 0 Å². The summed E-state index contributed by atoms with van der Waals surface area (Å²) in [5.41, 5.74) is 0.685. The lowest BCUT2D eigenvalue weighted by molar-refractivity contribution is 0.407. The summed E-state index contributed by atoms with van der Waals surface area (Å²) in [5.74, 6) is 1.18. The number of hydrogen-bond acceptors (Lipinski definition) is 1. The van der Waals surface area contributed by atoms with Crippen molar-refractivity contribution in [2.75, 3.05) is 5.50 Å². The fourth-order valence-corrected chi connectivity index (χ4v) is 2.23. The van der Waals surface area contributed by atoms with Crippen LogP contribution in [0.25, 0.3) is 0 Å². The highest BCUT2D eigenvalue weighted by Gasteiger charge is 2.24. The fourth-order valence-electron chi connectivity index (χ4n) is 1.12. The Morgan fingerprint density at radius 2 is 2.36 bits per heavy atom. The molecule has 0 heterocycles. The van der Waals surface area contributed by atoms with Gasteiger partial charge in [0, 0.05) is 6.42 Å². The van der Waals surface area contributed by atoms with Gasteiger partial charge < -0.3 is 4.43 Å². The maximum absolute atomic E-state index is 5.82. The van der Waals surface area contributed by atoms with E-state index in [4.69, 9.17) is 16.0 Å². The molecule has 0 radical (unpaired) electrons. The van der Waals surface area contributed by atoms with Crippen LogP contribution < -0.4 is 0 Å². The average Bonchev–Trinajstić information content (AvgIpc) is 2.39. The Labute approximate surface area is 74.5 Å². The Morgan fingerprint density at radius 3 is 2.82 bits per heavy atom. The molecule has 0 spiro atoms. The first kappa shape index (κ1) is 9.14. The van der Waals surface area contributed by atoms with Gasteiger partial charge >= 0.3 is 0 Å². The summed E-state index contributed by atoms with van der Waals surface area (Å²) < 4.78 is 5.82. The molecule has 0 saturated carbocycles. The highest BCUT2D eigenvalue weighted by atomic mass is 35.5. The molecule has 0 aromatic rings. The summed E-state index contributed by atoms with van der Waals surface area (Å²) in [4.78, 5) is 0. The van der Waals surface area contributed by atoms with Crippen molar-refractivity contribution in [3.8, 4) is 0 Å². The summed E-state index contributed by atoms with van der Waals surface area (Å²) in [5, 5.41) is 0. The molecule has 1 aliphatic rings. The minimum absolute atomic E-state index is 0.685. The lowest BCUT2D eigenvalue weighted by Gasteiger charge is -2.22. The minimum Gasteiger partial charge on any atom is -0.546 e. The summed E-state index contributed by atoms with van der Waals surface area (Å²) in [6.07, 6.45) is 5.75. The van der Waals surface area contributed by atoms with Crippen LogP contribution in [0.4, 0.5) is 0 Å². The third-order valence-electron chi connectivity index (χ3n) is 1.73. The van der Waals surface area contributed by atoms with E-state index in [1.807, 2.05) is 0 Å². The molecular formula is C8H15ClOSi. The maximum Gasteiger partial charge on any atom is 0.259 e. The Balaban J connectivity index is 2.40. The van der Waals surface area contributed by atoms with Gasteiger partial charge in [-0.2, -0.15) is 0 Å². The molecule has 1 nitrogen and oxygen atoms in total. The van der Waals surface area contributed by atoms with E-state index >= 15 is 0 Å². The van der Waals surface area contributed by atoms with Crippen LogP contribution in [0.3, 0.4) is 0 Å². The SMILES string of the molecule is C[Si](C)(CCl)OC1=CCCC1. The molecule has 0 fully saturated rings. The monoisotopic (exact) mass is 190 g/mol. The number of rotatable bonds is 3. The Hall–Kier alpha value is 0.0469. The zero-order valence-corrected chi connectivity index (χ0v) is 8.95. The van der Waals surface area contributed by atoms with E-state index in [1.165, 1.54) is 18.6 Å². The molecule has 0 aromatic carbocycles. The van der Waals surface area contributed by atoms with Crippen LogP contribution in [0, 0.1) is 0 Å². The van der Waals surface area contributed by atoms with Gasteiger partial charge in [-0.15, -0.1) is 11.6 Å². The van der Waals surface area contributed by atoms with E-state index in [0.717, 1.165) is 6.42 Å². The van der Waals surface area contributed by atoms with Gasteiger partial charge in [0.1, 0.15) is 0 Å². The van der Waals surface area contributed by atoms with E-state index in [9.17, 15) is 0 Å². The molecule has 0 bridgehead atoms. The second-order valence-corrected chi connectivity index (χ2v) is 8.35. The van der Waals surface area contributed by atoms with Crippen molar-refractivity contribution in [2.45, 2.75) is 32.4 Å². The van der Waals surface area contributed by atoms with Crippen LogP contribution in [0.5, 0.6) is 0 Å². The van der Waals surface area contributed by atoms with Crippen molar-refractivity contribution in [1.82, 2.24) is 0 Å². The second-order valence-electron chi connectivity index (χ2n) is 3.56. The summed E-state index contributed by atoms with van der Waals surface area (Å²) >= 11 is 5.78. The summed E-state index contributed by atoms with van der Waals surface area (Å²) in [6.45, 7) is 4.30. The van der Waals surface area contributed by atoms with Crippen molar-refractivity contribution < 1.29 is 4.43 Å². The largest absolute Gasteiger partial charge is 0.546 e. The predicted molar refractivity (Wildman–Crippen MR) is 51.2 cm³/mol. The molecule has 0 aliphatic heterocycles. The molecule has 11 heavy (non-hydrogen) atoms. The van der Waals surface area contributed by atoms with Crippen LogP contribution >= 0.6 is 11.6 Å². The predicted octanol–water partition coefficient (Wildman–Crippen LogP) is 3.05. The van der Waals surface area contributed by atoms with Gasteiger partial charge in [0.15, 0.2) is 0 Å². The highest BCUT2D eigenvalue weighted by molar-refractivity contribution is 6.77. The van der Waals surface area contributed by atoms with E-state index in [0.29, 0.717) is 5.50 Å². The van der Waals surface area contributed by atoms with Crippen LogP contribution in [0.15, 0.2) is 11.8 Å². The highest BCUT2D eigenvalue weighted by Crippen LogP contribution is 2.22. The van der Waals surface area contributed by atoms with Crippen molar-refractivity contribution in [3.63, 3.8) is 0 Å². The third-order valence-corrected chi connectivity index (χ3v) is 5.12. The topological polar surface area (TPSA) is 9.23 Å².